The smallest absolute Gasteiger partial charge is 0.314 e. The summed E-state index contributed by atoms with van der Waals surface area (Å²) in [5.41, 5.74) is 1.03. The molecule has 31 heavy (non-hydrogen) atoms. The average Bonchev–Trinajstić information content (AvgIpc) is 2.73. The fourth-order valence-electron chi connectivity index (χ4n) is 3.59. The lowest BCUT2D eigenvalue weighted by Gasteiger charge is -2.33. The predicted octanol–water partition coefficient (Wildman–Crippen LogP) is 5.88. The first-order valence-corrected chi connectivity index (χ1v) is 11.0. The van der Waals surface area contributed by atoms with Gasteiger partial charge in [-0.1, -0.05) is 56.1 Å². The van der Waals surface area contributed by atoms with Gasteiger partial charge in [0.15, 0.2) is 0 Å². The molecule has 0 aliphatic rings. The van der Waals surface area contributed by atoms with Crippen LogP contribution in [-0.2, 0) is 7.05 Å². The highest BCUT2D eigenvalue weighted by molar-refractivity contribution is 6.42. The SMILES string of the molecule is CCC(c1nc2ccccc2c(=O)n1C)N(CC(C)C)C(=O)Nc1ccc(Cl)c(Cl)c1. The number of carbonyl (C=O) groups is 1. The number of benzene rings is 2. The van der Waals surface area contributed by atoms with Crippen LogP contribution < -0.4 is 10.9 Å². The molecule has 1 atom stereocenters. The van der Waals surface area contributed by atoms with Crippen LogP contribution in [0.4, 0.5) is 10.5 Å². The predicted molar refractivity (Wildman–Crippen MR) is 127 cm³/mol. The van der Waals surface area contributed by atoms with Crippen LogP contribution in [0.5, 0.6) is 0 Å². The highest BCUT2D eigenvalue weighted by Gasteiger charge is 2.28. The molecule has 1 heterocycles. The zero-order chi connectivity index (χ0) is 22.7. The topological polar surface area (TPSA) is 67.2 Å². The van der Waals surface area contributed by atoms with E-state index in [4.69, 9.17) is 28.2 Å². The third kappa shape index (κ3) is 5.02. The Morgan fingerprint density at radius 1 is 1.16 bits per heavy atom. The number of para-hydroxylation sites is 1. The van der Waals surface area contributed by atoms with Crippen LogP contribution in [0.3, 0.4) is 0 Å². The number of hydrogen-bond donors (Lipinski definition) is 1. The monoisotopic (exact) mass is 460 g/mol. The number of nitrogens with zero attached hydrogens (tertiary/aromatic N) is 3. The second-order valence-electron chi connectivity index (χ2n) is 7.88. The van der Waals surface area contributed by atoms with Gasteiger partial charge < -0.3 is 10.2 Å². The summed E-state index contributed by atoms with van der Waals surface area (Å²) in [4.78, 5) is 32.7. The van der Waals surface area contributed by atoms with Crippen molar-refractivity contribution in [2.75, 3.05) is 11.9 Å². The second-order valence-corrected chi connectivity index (χ2v) is 8.70. The van der Waals surface area contributed by atoms with Gasteiger partial charge in [-0.15, -0.1) is 0 Å². The molecule has 0 radical (unpaired) electrons. The summed E-state index contributed by atoms with van der Waals surface area (Å²) in [7, 11) is 1.70. The number of hydrogen-bond acceptors (Lipinski definition) is 3. The van der Waals surface area contributed by atoms with Gasteiger partial charge in [0.05, 0.1) is 27.0 Å². The molecular weight excluding hydrogens is 435 g/mol. The van der Waals surface area contributed by atoms with E-state index in [-0.39, 0.29) is 23.6 Å². The van der Waals surface area contributed by atoms with Gasteiger partial charge in [-0.05, 0) is 42.7 Å². The Bertz CT molecular complexity index is 1160. The van der Waals surface area contributed by atoms with E-state index in [9.17, 15) is 9.59 Å². The van der Waals surface area contributed by atoms with Gasteiger partial charge in [0.2, 0.25) is 0 Å². The van der Waals surface area contributed by atoms with Crippen LogP contribution in [0, 0.1) is 5.92 Å². The van der Waals surface area contributed by atoms with Crippen molar-refractivity contribution in [3.63, 3.8) is 0 Å². The largest absolute Gasteiger partial charge is 0.322 e. The molecule has 8 heteroatoms. The molecule has 6 nitrogen and oxygen atoms in total. The highest BCUT2D eigenvalue weighted by atomic mass is 35.5. The van der Waals surface area contributed by atoms with Crippen molar-refractivity contribution in [3.8, 4) is 0 Å². The quantitative estimate of drug-likeness (QED) is 0.499. The first kappa shape index (κ1) is 23.1. The number of urea groups is 1. The molecule has 0 saturated carbocycles. The molecule has 2 amide bonds. The minimum Gasteiger partial charge on any atom is -0.314 e. The van der Waals surface area contributed by atoms with Crippen molar-refractivity contribution in [2.24, 2.45) is 13.0 Å². The number of amides is 2. The van der Waals surface area contributed by atoms with Crippen molar-refractivity contribution in [3.05, 3.63) is 68.7 Å². The zero-order valence-electron chi connectivity index (χ0n) is 18.0. The van der Waals surface area contributed by atoms with E-state index < -0.39 is 0 Å². The van der Waals surface area contributed by atoms with Crippen LogP contribution in [0.1, 0.15) is 39.1 Å². The van der Waals surface area contributed by atoms with Crippen molar-refractivity contribution in [1.82, 2.24) is 14.5 Å². The molecule has 0 fully saturated rings. The number of anilines is 1. The Morgan fingerprint density at radius 3 is 2.52 bits per heavy atom. The van der Waals surface area contributed by atoms with E-state index in [2.05, 4.69) is 5.32 Å². The number of nitrogens with one attached hydrogen (secondary N) is 1. The molecule has 3 rings (SSSR count). The van der Waals surface area contributed by atoms with Crippen LogP contribution in [0.15, 0.2) is 47.3 Å². The van der Waals surface area contributed by atoms with Crippen molar-refractivity contribution in [1.29, 1.82) is 0 Å². The van der Waals surface area contributed by atoms with Crippen LogP contribution in [0.2, 0.25) is 10.0 Å². The standard InChI is InChI=1S/C23H26Cl2N4O2/c1-5-20(21-27-19-9-7-6-8-16(19)22(30)28(21)4)29(13-14(2)3)23(31)26-15-10-11-17(24)18(25)12-15/h6-12,14,20H,5,13H2,1-4H3,(H,26,31). The van der Waals surface area contributed by atoms with E-state index in [0.717, 1.165) is 0 Å². The normalized spacial score (nSPS) is 12.2. The number of aromatic nitrogens is 2. The van der Waals surface area contributed by atoms with Gasteiger partial charge in [-0.2, -0.15) is 0 Å². The molecular formula is C23H26Cl2N4O2. The Balaban J connectivity index is 2.02. The third-order valence-electron chi connectivity index (χ3n) is 5.07. The fourth-order valence-corrected chi connectivity index (χ4v) is 3.89. The summed E-state index contributed by atoms with van der Waals surface area (Å²) >= 11 is 12.1. The van der Waals surface area contributed by atoms with E-state index in [1.807, 2.05) is 39.0 Å². The first-order chi connectivity index (χ1) is 14.7. The number of carbonyl (C=O) groups excluding carboxylic acids is 1. The minimum atomic E-state index is -0.382. The number of rotatable bonds is 6. The first-order valence-electron chi connectivity index (χ1n) is 10.2. The van der Waals surface area contributed by atoms with Crippen LogP contribution in [0.25, 0.3) is 10.9 Å². The molecule has 0 aliphatic carbocycles. The molecule has 0 aliphatic heterocycles. The van der Waals surface area contributed by atoms with E-state index in [1.54, 1.807) is 36.2 Å². The Kier molecular flexibility index (Phi) is 7.23. The van der Waals surface area contributed by atoms with E-state index >= 15 is 0 Å². The lowest BCUT2D eigenvalue weighted by molar-refractivity contribution is 0.170. The van der Waals surface area contributed by atoms with Gasteiger partial charge >= 0.3 is 6.03 Å². The lowest BCUT2D eigenvalue weighted by Crippen LogP contribution is -2.42. The Hall–Kier alpha value is -2.57. The molecule has 0 saturated heterocycles. The molecule has 1 N–H and O–H groups in total. The highest BCUT2D eigenvalue weighted by Crippen LogP contribution is 2.28. The lowest BCUT2D eigenvalue weighted by atomic mass is 10.1. The molecule has 164 valence electrons. The summed E-state index contributed by atoms with van der Waals surface area (Å²) in [6.07, 6.45) is 0.597. The van der Waals surface area contributed by atoms with Crippen molar-refractivity contribution >= 4 is 45.8 Å². The molecule has 1 aromatic heterocycles. The summed E-state index contributed by atoms with van der Waals surface area (Å²) < 4.78 is 1.54. The average molecular weight is 461 g/mol. The summed E-state index contributed by atoms with van der Waals surface area (Å²) in [6.45, 7) is 6.55. The molecule has 0 spiro atoms. The number of halogens is 2. The van der Waals surface area contributed by atoms with E-state index in [1.165, 1.54) is 4.57 Å². The van der Waals surface area contributed by atoms with Gasteiger partial charge in [-0.3, -0.25) is 9.36 Å². The molecule has 2 aromatic carbocycles. The molecule has 0 bridgehead atoms. The Morgan fingerprint density at radius 2 is 1.87 bits per heavy atom. The van der Waals surface area contributed by atoms with Gasteiger partial charge in [0.25, 0.3) is 5.56 Å². The fraction of sp³-hybridized carbons (Fsp3) is 0.348. The number of fused-ring (bicyclic) bond motifs is 1. The van der Waals surface area contributed by atoms with Gasteiger partial charge in [-0.25, -0.2) is 9.78 Å². The maximum absolute atomic E-state index is 13.3. The maximum atomic E-state index is 13.3. The summed E-state index contributed by atoms with van der Waals surface area (Å²) in [6, 6.07) is 11.5. The second kappa shape index (κ2) is 9.71. The summed E-state index contributed by atoms with van der Waals surface area (Å²) in [5, 5.41) is 4.23. The van der Waals surface area contributed by atoms with Gasteiger partial charge in [0, 0.05) is 19.3 Å². The van der Waals surface area contributed by atoms with Crippen LogP contribution >= 0.6 is 23.2 Å². The van der Waals surface area contributed by atoms with Gasteiger partial charge in [0.1, 0.15) is 5.82 Å². The van der Waals surface area contributed by atoms with E-state index in [0.29, 0.717) is 45.4 Å². The van der Waals surface area contributed by atoms with Crippen LogP contribution in [-0.4, -0.2) is 27.0 Å². The molecule has 1 unspecified atom stereocenters. The minimum absolute atomic E-state index is 0.131. The third-order valence-corrected chi connectivity index (χ3v) is 5.81. The zero-order valence-corrected chi connectivity index (χ0v) is 19.5. The summed E-state index contributed by atoms with van der Waals surface area (Å²) in [5.74, 6) is 0.766. The molecule has 3 aromatic rings. The van der Waals surface area contributed by atoms with Crippen molar-refractivity contribution < 1.29 is 4.79 Å². The van der Waals surface area contributed by atoms with Crippen molar-refractivity contribution in [2.45, 2.75) is 33.2 Å². The Labute approximate surface area is 191 Å². The maximum Gasteiger partial charge on any atom is 0.322 e.